The molecular weight excluding hydrogens is 490 g/mol. The first-order valence-electron chi connectivity index (χ1n) is 11.5. The Morgan fingerprint density at radius 3 is 2.61 bits per heavy atom. The monoisotopic (exact) mass is 512 g/mol. The smallest absolute Gasteiger partial charge is 0.301 e. The second-order valence-electron chi connectivity index (χ2n) is 9.16. The highest BCUT2D eigenvalue weighted by molar-refractivity contribution is 5.88. The molecule has 0 radical (unpaired) electrons. The molecule has 0 amide bonds. The highest BCUT2D eigenvalue weighted by atomic mass is 19.3. The van der Waals surface area contributed by atoms with Crippen LogP contribution in [0.5, 0.6) is 0 Å². The Labute approximate surface area is 201 Å². The molecule has 1 unspecified atom stereocenters. The second kappa shape index (κ2) is 8.75. The van der Waals surface area contributed by atoms with Gasteiger partial charge in [-0.25, -0.2) is 23.1 Å². The molecule has 6 nitrogen and oxygen atoms in total. The van der Waals surface area contributed by atoms with Crippen LogP contribution in [0.15, 0.2) is 29.2 Å². The fraction of sp³-hybridized carbons (Fsp3) is 0.458. The van der Waals surface area contributed by atoms with Crippen molar-refractivity contribution in [3.63, 3.8) is 0 Å². The number of halogens is 6. The molecular formula is C24H22F6N4O2. The maximum absolute atomic E-state index is 15.2. The van der Waals surface area contributed by atoms with Crippen LogP contribution < -0.4 is 10.9 Å². The third-order valence-corrected chi connectivity index (χ3v) is 6.80. The molecule has 1 atom stereocenters. The molecule has 5 rings (SSSR count). The lowest BCUT2D eigenvalue weighted by atomic mass is 9.98. The summed E-state index contributed by atoms with van der Waals surface area (Å²) in [5.74, 6) is -5.96. The Morgan fingerprint density at radius 1 is 1.22 bits per heavy atom. The molecule has 1 saturated carbocycles. The van der Waals surface area contributed by atoms with E-state index in [2.05, 4.69) is 15.3 Å². The summed E-state index contributed by atoms with van der Waals surface area (Å²) in [5.41, 5.74) is -4.32. The van der Waals surface area contributed by atoms with Gasteiger partial charge in [-0.2, -0.15) is 13.2 Å². The Kier molecular flexibility index (Phi) is 5.97. The second-order valence-corrected chi connectivity index (χ2v) is 9.16. The van der Waals surface area contributed by atoms with E-state index in [1.54, 1.807) is 0 Å². The van der Waals surface area contributed by atoms with Gasteiger partial charge >= 0.3 is 5.92 Å². The van der Waals surface area contributed by atoms with Crippen LogP contribution in [0.1, 0.15) is 42.6 Å². The largest absolute Gasteiger partial charge is 0.372 e. The standard InChI is InChI=1S/C24H22F6N4O2/c1-12-32-19-14(11-34(21(35)18(19)26)23(7-8-23)22(27)28)20(33-12)31-10-13-4-2-5-15(17(13)25)24(29,30)16-6-3-9-36-16/h2,4-5,11,16,22H,3,6-10H2,1H3,(H,31,32,33). The number of benzene rings is 1. The lowest BCUT2D eigenvalue weighted by Crippen LogP contribution is -2.37. The normalized spacial score (nSPS) is 19.3. The number of aryl methyl sites for hydroxylation is 1. The molecule has 12 heteroatoms. The number of pyridine rings is 1. The van der Waals surface area contributed by atoms with Crippen LogP contribution in [-0.2, 0) is 22.7 Å². The molecule has 1 saturated heterocycles. The third-order valence-electron chi connectivity index (χ3n) is 6.80. The molecule has 0 bridgehead atoms. The lowest BCUT2D eigenvalue weighted by Gasteiger charge is -2.24. The fourth-order valence-corrected chi connectivity index (χ4v) is 4.61. The SMILES string of the molecule is Cc1nc(NCc2cccc(C(F)(F)C3CCCO3)c2F)c2cn(C3(C(F)F)CC3)c(=O)c(F)c2n1. The Morgan fingerprint density at radius 2 is 1.97 bits per heavy atom. The van der Waals surface area contributed by atoms with Crippen molar-refractivity contribution in [2.75, 3.05) is 11.9 Å². The van der Waals surface area contributed by atoms with Gasteiger partial charge in [-0.3, -0.25) is 4.79 Å². The number of hydrogen-bond donors (Lipinski definition) is 1. The molecule has 192 valence electrons. The van der Waals surface area contributed by atoms with Gasteiger partial charge in [0.1, 0.15) is 34.6 Å². The molecule has 2 aliphatic rings. The van der Waals surface area contributed by atoms with Gasteiger partial charge in [0, 0.05) is 24.9 Å². The fourth-order valence-electron chi connectivity index (χ4n) is 4.61. The van der Waals surface area contributed by atoms with Crippen LogP contribution >= 0.6 is 0 Å². The number of aromatic nitrogens is 3. The minimum absolute atomic E-state index is 0.00191. The topological polar surface area (TPSA) is 69.0 Å². The van der Waals surface area contributed by atoms with Crippen LogP contribution in [0.4, 0.5) is 32.2 Å². The van der Waals surface area contributed by atoms with Crippen LogP contribution in [0.25, 0.3) is 10.9 Å². The van der Waals surface area contributed by atoms with Crippen molar-refractivity contribution in [1.29, 1.82) is 0 Å². The molecule has 3 heterocycles. The zero-order valence-electron chi connectivity index (χ0n) is 19.1. The summed E-state index contributed by atoms with van der Waals surface area (Å²) < 4.78 is 92.9. The average Bonchev–Trinajstić information content (AvgIpc) is 3.45. The van der Waals surface area contributed by atoms with E-state index in [0.29, 0.717) is 11.0 Å². The van der Waals surface area contributed by atoms with Gasteiger partial charge in [0.15, 0.2) is 0 Å². The third kappa shape index (κ3) is 3.91. The summed E-state index contributed by atoms with van der Waals surface area (Å²) in [5, 5.41) is 2.71. The van der Waals surface area contributed by atoms with E-state index in [4.69, 9.17) is 4.74 Å². The van der Waals surface area contributed by atoms with E-state index in [0.717, 1.165) is 12.3 Å². The predicted molar refractivity (Wildman–Crippen MR) is 118 cm³/mol. The first-order valence-corrected chi connectivity index (χ1v) is 11.5. The molecule has 2 aromatic heterocycles. The molecule has 3 aromatic rings. The van der Waals surface area contributed by atoms with Crippen molar-refractivity contribution in [2.45, 2.75) is 63.1 Å². The zero-order chi connectivity index (χ0) is 25.8. The van der Waals surface area contributed by atoms with E-state index >= 15 is 4.39 Å². The zero-order valence-corrected chi connectivity index (χ0v) is 19.1. The van der Waals surface area contributed by atoms with Crippen LogP contribution in [-0.4, -0.2) is 33.7 Å². The van der Waals surface area contributed by atoms with Gasteiger partial charge in [-0.1, -0.05) is 12.1 Å². The summed E-state index contributed by atoms with van der Waals surface area (Å²) >= 11 is 0. The molecule has 36 heavy (non-hydrogen) atoms. The lowest BCUT2D eigenvalue weighted by molar-refractivity contribution is -0.124. The minimum atomic E-state index is -3.54. The maximum atomic E-state index is 15.2. The van der Waals surface area contributed by atoms with Gasteiger partial charge in [0.2, 0.25) is 5.82 Å². The first kappa shape index (κ1) is 24.5. The highest BCUT2D eigenvalue weighted by Crippen LogP contribution is 2.48. The number of anilines is 1. The summed E-state index contributed by atoms with van der Waals surface area (Å²) in [6.45, 7) is 1.28. The minimum Gasteiger partial charge on any atom is -0.372 e. The van der Waals surface area contributed by atoms with Crippen LogP contribution in [0.3, 0.4) is 0 Å². The van der Waals surface area contributed by atoms with Gasteiger partial charge in [0.05, 0.1) is 10.9 Å². The van der Waals surface area contributed by atoms with Gasteiger partial charge < -0.3 is 14.6 Å². The van der Waals surface area contributed by atoms with Crippen molar-refractivity contribution >= 4 is 16.7 Å². The quantitative estimate of drug-likeness (QED) is 0.451. The molecule has 0 spiro atoms. The van der Waals surface area contributed by atoms with E-state index in [1.165, 1.54) is 19.1 Å². The number of fused-ring (bicyclic) bond motifs is 1. The van der Waals surface area contributed by atoms with Gasteiger partial charge in [-0.05, 0) is 38.7 Å². The maximum Gasteiger partial charge on any atom is 0.301 e. The summed E-state index contributed by atoms with van der Waals surface area (Å²) in [6, 6.07) is 3.59. The number of rotatable bonds is 7. The molecule has 1 aromatic carbocycles. The van der Waals surface area contributed by atoms with Gasteiger partial charge in [-0.15, -0.1) is 0 Å². The van der Waals surface area contributed by atoms with Crippen molar-refractivity contribution in [1.82, 2.24) is 14.5 Å². The predicted octanol–water partition coefficient (Wildman–Crippen LogP) is 5.02. The summed E-state index contributed by atoms with van der Waals surface area (Å²) in [4.78, 5) is 20.6. The first-order chi connectivity index (χ1) is 17.1. The Hall–Kier alpha value is -3.15. The van der Waals surface area contributed by atoms with E-state index < -0.39 is 46.7 Å². The summed E-state index contributed by atoms with van der Waals surface area (Å²) in [7, 11) is 0. The number of nitrogens with zero attached hydrogens (tertiary/aromatic N) is 3. The highest BCUT2D eigenvalue weighted by Gasteiger charge is 2.54. The number of nitrogens with one attached hydrogen (secondary N) is 1. The van der Waals surface area contributed by atoms with E-state index in [9.17, 15) is 26.7 Å². The van der Waals surface area contributed by atoms with Crippen molar-refractivity contribution in [3.05, 3.63) is 63.3 Å². The molecule has 2 fully saturated rings. The van der Waals surface area contributed by atoms with Crippen molar-refractivity contribution < 1.29 is 31.1 Å². The molecule has 1 aliphatic carbocycles. The number of ether oxygens (including phenoxy) is 1. The number of alkyl halides is 4. The number of hydrogen-bond acceptors (Lipinski definition) is 5. The van der Waals surface area contributed by atoms with Crippen molar-refractivity contribution in [2.24, 2.45) is 0 Å². The van der Waals surface area contributed by atoms with E-state index in [-0.39, 0.29) is 60.5 Å². The van der Waals surface area contributed by atoms with E-state index in [1.807, 2.05) is 0 Å². The summed E-state index contributed by atoms with van der Waals surface area (Å²) in [6.07, 6.45) is -2.68. The molecule has 1 aliphatic heterocycles. The van der Waals surface area contributed by atoms with Crippen LogP contribution in [0.2, 0.25) is 0 Å². The molecule has 1 N–H and O–H groups in total. The van der Waals surface area contributed by atoms with Gasteiger partial charge in [0.25, 0.3) is 12.0 Å². The Bertz CT molecular complexity index is 1380. The van der Waals surface area contributed by atoms with Crippen molar-refractivity contribution in [3.8, 4) is 0 Å². The Balaban J connectivity index is 1.52. The average molecular weight is 512 g/mol. The van der Waals surface area contributed by atoms with Crippen LogP contribution in [0, 0.1) is 18.6 Å².